The van der Waals surface area contributed by atoms with E-state index >= 15 is 0 Å². The SMILES string of the molecule is OCc1c(Cl)cccc1Sc1ncco1. The van der Waals surface area contributed by atoms with E-state index in [2.05, 4.69) is 4.98 Å². The lowest BCUT2D eigenvalue weighted by atomic mass is 10.2. The molecule has 0 saturated heterocycles. The summed E-state index contributed by atoms with van der Waals surface area (Å²) in [5.41, 5.74) is 0.697. The van der Waals surface area contributed by atoms with Gasteiger partial charge in [-0.1, -0.05) is 17.7 Å². The number of aromatic nitrogens is 1. The number of hydrogen-bond donors (Lipinski definition) is 1. The van der Waals surface area contributed by atoms with E-state index in [4.69, 9.17) is 16.0 Å². The molecule has 1 heterocycles. The molecule has 2 rings (SSSR count). The first kappa shape index (κ1) is 10.5. The number of oxazole rings is 1. The lowest BCUT2D eigenvalue weighted by Crippen LogP contribution is -1.88. The minimum absolute atomic E-state index is 0.0945. The Labute approximate surface area is 96.1 Å². The highest BCUT2D eigenvalue weighted by molar-refractivity contribution is 7.99. The Morgan fingerprint density at radius 2 is 2.33 bits per heavy atom. The van der Waals surface area contributed by atoms with Crippen molar-refractivity contribution in [1.82, 2.24) is 4.98 Å². The van der Waals surface area contributed by atoms with Gasteiger partial charge in [-0.05, 0) is 23.9 Å². The smallest absolute Gasteiger partial charge is 0.260 e. The number of halogens is 1. The molecular weight excluding hydrogens is 234 g/mol. The molecule has 0 amide bonds. The van der Waals surface area contributed by atoms with E-state index in [1.54, 1.807) is 12.3 Å². The van der Waals surface area contributed by atoms with Gasteiger partial charge in [-0.25, -0.2) is 4.98 Å². The molecular formula is C10H8ClNO2S. The number of benzene rings is 1. The van der Waals surface area contributed by atoms with E-state index in [9.17, 15) is 5.11 Å². The second-order valence-corrected chi connectivity index (χ2v) is 4.18. The number of rotatable bonds is 3. The molecule has 3 nitrogen and oxygen atoms in total. The van der Waals surface area contributed by atoms with E-state index in [1.807, 2.05) is 12.1 Å². The van der Waals surface area contributed by atoms with Gasteiger partial charge in [-0.2, -0.15) is 0 Å². The van der Waals surface area contributed by atoms with Crippen molar-refractivity contribution in [1.29, 1.82) is 0 Å². The van der Waals surface area contributed by atoms with Gasteiger partial charge < -0.3 is 9.52 Å². The molecule has 78 valence electrons. The molecule has 0 bridgehead atoms. The summed E-state index contributed by atoms with van der Waals surface area (Å²) >= 11 is 7.28. The van der Waals surface area contributed by atoms with Crippen molar-refractivity contribution in [3.05, 3.63) is 41.2 Å². The van der Waals surface area contributed by atoms with Gasteiger partial charge in [0.15, 0.2) is 0 Å². The number of nitrogens with zero attached hydrogens (tertiary/aromatic N) is 1. The molecule has 0 atom stereocenters. The molecule has 2 aromatic rings. The summed E-state index contributed by atoms with van der Waals surface area (Å²) in [6.45, 7) is -0.0945. The third-order valence-corrected chi connectivity index (χ3v) is 3.17. The fourth-order valence-electron chi connectivity index (χ4n) is 1.14. The largest absolute Gasteiger partial charge is 0.440 e. The van der Waals surface area contributed by atoms with Gasteiger partial charge >= 0.3 is 0 Å². The van der Waals surface area contributed by atoms with Crippen molar-refractivity contribution in [2.75, 3.05) is 0 Å². The van der Waals surface area contributed by atoms with Gasteiger partial charge in [-0.3, -0.25) is 0 Å². The zero-order valence-electron chi connectivity index (χ0n) is 7.68. The summed E-state index contributed by atoms with van der Waals surface area (Å²) < 4.78 is 5.10. The standard InChI is InChI=1S/C10H8ClNO2S/c11-8-2-1-3-9(7(8)6-13)15-10-12-4-5-14-10/h1-5,13H,6H2. The summed E-state index contributed by atoms with van der Waals surface area (Å²) in [6, 6.07) is 5.44. The maximum absolute atomic E-state index is 9.18. The topological polar surface area (TPSA) is 46.3 Å². The second kappa shape index (κ2) is 4.70. The lowest BCUT2D eigenvalue weighted by molar-refractivity contribution is 0.279. The maximum atomic E-state index is 9.18. The minimum atomic E-state index is -0.0945. The highest BCUT2D eigenvalue weighted by Crippen LogP contribution is 2.32. The second-order valence-electron chi connectivity index (χ2n) is 2.77. The Morgan fingerprint density at radius 3 is 3.00 bits per heavy atom. The van der Waals surface area contributed by atoms with Crippen LogP contribution < -0.4 is 0 Å². The summed E-state index contributed by atoms with van der Waals surface area (Å²) in [5.74, 6) is 0. The van der Waals surface area contributed by atoms with Gasteiger partial charge in [0.1, 0.15) is 6.26 Å². The van der Waals surface area contributed by atoms with Crippen LogP contribution in [0.3, 0.4) is 0 Å². The van der Waals surface area contributed by atoms with E-state index in [0.717, 1.165) is 4.90 Å². The van der Waals surface area contributed by atoms with Crippen LogP contribution in [0.15, 0.2) is 45.2 Å². The lowest BCUT2D eigenvalue weighted by Gasteiger charge is -2.05. The fraction of sp³-hybridized carbons (Fsp3) is 0.100. The quantitative estimate of drug-likeness (QED) is 0.898. The summed E-state index contributed by atoms with van der Waals surface area (Å²) in [4.78, 5) is 4.84. The van der Waals surface area contributed by atoms with Gasteiger partial charge in [0, 0.05) is 15.5 Å². The van der Waals surface area contributed by atoms with Crippen LogP contribution in [0.4, 0.5) is 0 Å². The van der Waals surface area contributed by atoms with Crippen molar-refractivity contribution in [3.8, 4) is 0 Å². The Bertz CT molecular complexity index is 445. The van der Waals surface area contributed by atoms with Crippen LogP contribution in [0.2, 0.25) is 5.02 Å². The summed E-state index contributed by atoms with van der Waals surface area (Å²) in [6.07, 6.45) is 3.08. The normalized spacial score (nSPS) is 10.5. The van der Waals surface area contributed by atoms with Crippen molar-refractivity contribution in [3.63, 3.8) is 0 Å². The Kier molecular flexibility index (Phi) is 3.30. The Morgan fingerprint density at radius 1 is 1.47 bits per heavy atom. The van der Waals surface area contributed by atoms with E-state index in [1.165, 1.54) is 18.0 Å². The van der Waals surface area contributed by atoms with Gasteiger partial charge in [-0.15, -0.1) is 0 Å². The van der Waals surface area contributed by atoms with Crippen molar-refractivity contribution >= 4 is 23.4 Å². The van der Waals surface area contributed by atoms with Gasteiger partial charge in [0.25, 0.3) is 5.22 Å². The van der Waals surface area contributed by atoms with Crippen LogP contribution >= 0.6 is 23.4 Å². The average Bonchev–Trinajstić information content (AvgIpc) is 2.71. The van der Waals surface area contributed by atoms with Crippen LogP contribution in [0.25, 0.3) is 0 Å². The van der Waals surface area contributed by atoms with Crippen LogP contribution in [0.1, 0.15) is 5.56 Å². The Balaban J connectivity index is 2.32. The summed E-state index contributed by atoms with van der Waals surface area (Å²) in [7, 11) is 0. The van der Waals surface area contributed by atoms with Crippen LogP contribution in [-0.4, -0.2) is 10.1 Å². The third kappa shape index (κ3) is 2.34. The molecule has 0 aliphatic rings. The van der Waals surface area contributed by atoms with Crippen molar-refractivity contribution < 1.29 is 9.52 Å². The molecule has 1 aromatic heterocycles. The van der Waals surface area contributed by atoms with E-state index in [0.29, 0.717) is 15.8 Å². The number of aliphatic hydroxyl groups excluding tert-OH is 1. The summed E-state index contributed by atoms with van der Waals surface area (Å²) in [5, 5.41) is 10.3. The molecule has 15 heavy (non-hydrogen) atoms. The van der Waals surface area contributed by atoms with Gasteiger partial charge in [0.2, 0.25) is 0 Å². The van der Waals surface area contributed by atoms with Crippen LogP contribution in [0, 0.1) is 0 Å². The van der Waals surface area contributed by atoms with Gasteiger partial charge in [0.05, 0.1) is 12.8 Å². The van der Waals surface area contributed by atoms with Crippen molar-refractivity contribution in [2.24, 2.45) is 0 Å². The number of hydrogen-bond acceptors (Lipinski definition) is 4. The molecule has 1 aromatic carbocycles. The Hall–Kier alpha value is -0.970. The highest BCUT2D eigenvalue weighted by atomic mass is 35.5. The molecule has 1 N–H and O–H groups in total. The molecule has 0 aliphatic carbocycles. The molecule has 0 saturated carbocycles. The zero-order chi connectivity index (χ0) is 10.7. The van der Waals surface area contributed by atoms with E-state index < -0.39 is 0 Å². The first-order valence-corrected chi connectivity index (χ1v) is 5.46. The molecule has 0 radical (unpaired) electrons. The maximum Gasteiger partial charge on any atom is 0.260 e. The molecule has 0 fully saturated rings. The molecule has 0 aliphatic heterocycles. The third-order valence-electron chi connectivity index (χ3n) is 1.84. The predicted molar refractivity (Wildman–Crippen MR) is 58.0 cm³/mol. The van der Waals surface area contributed by atoms with E-state index in [-0.39, 0.29) is 6.61 Å². The van der Waals surface area contributed by atoms with Crippen LogP contribution in [-0.2, 0) is 6.61 Å². The predicted octanol–water partition coefficient (Wildman–Crippen LogP) is 2.97. The van der Waals surface area contributed by atoms with Crippen molar-refractivity contribution in [2.45, 2.75) is 16.7 Å². The first-order chi connectivity index (χ1) is 7.31. The monoisotopic (exact) mass is 241 g/mol. The highest BCUT2D eigenvalue weighted by Gasteiger charge is 2.09. The minimum Gasteiger partial charge on any atom is -0.440 e. The van der Waals surface area contributed by atoms with Crippen LogP contribution in [0.5, 0.6) is 0 Å². The zero-order valence-corrected chi connectivity index (χ0v) is 9.26. The molecule has 0 unspecified atom stereocenters. The first-order valence-electron chi connectivity index (χ1n) is 4.27. The fourth-order valence-corrected chi connectivity index (χ4v) is 2.28. The molecule has 5 heteroatoms. The average molecular weight is 242 g/mol. The number of aliphatic hydroxyl groups is 1. The molecule has 0 spiro atoms.